The molecule has 0 bridgehead atoms. The highest BCUT2D eigenvalue weighted by atomic mass is 32.2. The number of carbonyl (C=O) groups is 1. The van der Waals surface area contributed by atoms with Crippen LogP contribution in [0.1, 0.15) is 31.7 Å². The van der Waals surface area contributed by atoms with Crippen LogP contribution in [0.15, 0.2) is 30.3 Å². The van der Waals surface area contributed by atoms with E-state index in [1.54, 1.807) is 6.92 Å². The van der Waals surface area contributed by atoms with Crippen LogP contribution in [-0.4, -0.2) is 22.1 Å². The molecule has 0 spiro atoms. The van der Waals surface area contributed by atoms with Gasteiger partial charge in [0.1, 0.15) is 5.37 Å². The molecule has 86 valence electrons. The van der Waals surface area contributed by atoms with Crippen molar-refractivity contribution in [3.8, 4) is 0 Å². The molecule has 2 nitrogen and oxygen atoms in total. The van der Waals surface area contributed by atoms with Crippen molar-refractivity contribution in [1.82, 2.24) is 4.90 Å². The van der Waals surface area contributed by atoms with Crippen molar-refractivity contribution in [2.75, 3.05) is 6.54 Å². The molecule has 0 saturated carbocycles. The molecule has 1 aliphatic heterocycles. The fourth-order valence-corrected chi connectivity index (χ4v) is 3.50. The molecule has 2 rings (SSSR count). The van der Waals surface area contributed by atoms with Crippen molar-refractivity contribution < 1.29 is 4.79 Å². The van der Waals surface area contributed by atoms with E-state index in [0.29, 0.717) is 0 Å². The van der Waals surface area contributed by atoms with E-state index < -0.39 is 0 Å². The van der Waals surface area contributed by atoms with Crippen LogP contribution in [-0.2, 0) is 4.79 Å². The van der Waals surface area contributed by atoms with E-state index in [1.165, 1.54) is 5.56 Å². The summed E-state index contributed by atoms with van der Waals surface area (Å²) < 4.78 is 0.145. The number of hydrogen-bond donors (Lipinski definition) is 0. The topological polar surface area (TPSA) is 20.3 Å². The first-order valence-electron chi connectivity index (χ1n) is 5.49. The number of amides is 1. The third-order valence-corrected chi connectivity index (χ3v) is 4.27. The summed E-state index contributed by atoms with van der Waals surface area (Å²) in [6.45, 7) is 6.86. The largest absolute Gasteiger partial charge is 0.325 e. The second kappa shape index (κ2) is 4.13. The van der Waals surface area contributed by atoms with Gasteiger partial charge in [-0.1, -0.05) is 30.3 Å². The Hall–Kier alpha value is -0.960. The standard InChI is InChI=1S/C13H17NOS/c1-10(15)14-9-13(2,3)16-12(14)11-7-5-4-6-8-11/h4-8,12H,9H2,1-3H3. The lowest BCUT2D eigenvalue weighted by Crippen LogP contribution is -2.31. The molecule has 1 heterocycles. The van der Waals surface area contributed by atoms with Gasteiger partial charge in [0.15, 0.2) is 0 Å². The zero-order chi connectivity index (χ0) is 11.8. The van der Waals surface area contributed by atoms with Gasteiger partial charge >= 0.3 is 0 Å². The first kappa shape index (κ1) is 11.5. The molecule has 1 fully saturated rings. The van der Waals surface area contributed by atoms with E-state index in [4.69, 9.17) is 0 Å². The van der Waals surface area contributed by atoms with Gasteiger partial charge in [0, 0.05) is 18.2 Å². The lowest BCUT2D eigenvalue weighted by Gasteiger charge is -2.22. The van der Waals surface area contributed by atoms with Crippen LogP contribution in [0.2, 0.25) is 0 Å². The lowest BCUT2D eigenvalue weighted by atomic mass is 10.1. The normalized spacial score (nSPS) is 23.4. The van der Waals surface area contributed by atoms with E-state index in [2.05, 4.69) is 26.0 Å². The van der Waals surface area contributed by atoms with Crippen molar-refractivity contribution in [2.45, 2.75) is 30.9 Å². The van der Waals surface area contributed by atoms with Crippen molar-refractivity contribution in [2.24, 2.45) is 0 Å². The summed E-state index contributed by atoms with van der Waals surface area (Å²) in [4.78, 5) is 13.6. The van der Waals surface area contributed by atoms with Gasteiger partial charge in [-0.05, 0) is 19.4 Å². The molecule has 0 aromatic heterocycles. The third kappa shape index (κ3) is 2.24. The number of carbonyl (C=O) groups excluding carboxylic acids is 1. The van der Waals surface area contributed by atoms with Crippen molar-refractivity contribution >= 4 is 17.7 Å². The summed E-state index contributed by atoms with van der Waals surface area (Å²) in [7, 11) is 0. The molecule has 1 aromatic rings. The minimum absolute atomic E-state index is 0.145. The first-order valence-corrected chi connectivity index (χ1v) is 6.37. The van der Waals surface area contributed by atoms with Crippen LogP contribution in [0.3, 0.4) is 0 Å². The lowest BCUT2D eigenvalue weighted by molar-refractivity contribution is -0.129. The summed E-state index contributed by atoms with van der Waals surface area (Å²) in [5.41, 5.74) is 1.22. The number of thioether (sulfide) groups is 1. The van der Waals surface area contributed by atoms with Gasteiger partial charge in [0.05, 0.1) is 0 Å². The van der Waals surface area contributed by atoms with Crippen LogP contribution in [0, 0.1) is 0 Å². The monoisotopic (exact) mass is 235 g/mol. The zero-order valence-electron chi connectivity index (χ0n) is 9.93. The number of nitrogens with zero attached hydrogens (tertiary/aromatic N) is 1. The highest BCUT2D eigenvalue weighted by Crippen LogP contribution is 2.48. The first-order chi connectivity index (χ1) is 7.49. The Bertz CT molecular complexity index is 388. The van der Waals surface area contributed by atoms with Gasteiger partial charge in [-0.2, -0.15) is 0 Å². The Balaban J connectivity index is 2.29. The maximum Gasteiger partial charge on any atom is 0.220 e. The van der Waals surface area contributed by atoms with Crippen LogP contribution in [0.4, 0.5) is 0 Å². The zero-order valence-corrected chi connectivity index (χ0v) is 10.8. The summed E-state index contributed by atoms with van der Waals surface area (Å²) in [6, 6.07) is 10.2. The summed E-state index contributed by atoms with van der Waals surface area (Å²) in [5.74, 6) is 0.159. The fourth-order valence-electron chi connectivity index (χ4n) is 2.04. The summed E-state index contributed by atoms with van der Waals surface area (Å²) in [6.07, 6.45) is 0. The molecule has 1 aliphatic rings. The minimum atomic E-state index is 0.145. The third-order valence-electron chi connectivity index (χ3n) is 2.75. The number of hydrogen-bond acceptors (Lipinski definition) is 2. The molecule has 1 atom stereocenters. The molecule has 3 heteroatoms. The molecule has 1 saturated heterocycles. The van der Waals surface area contributed by atoms with Crippen molar-refractivity contribution in [3.63, 3.8) is 0 Å². The SMILES string of the molecule is CC(=O)N1CC(C)(C)SC1c1ccccc1. The highest BCUT2D eigenvalue weighted by Gasteiger charge is 2.40. The van der Waals surface area contributed by atoms with Gasteiger partial charge in [0.2, 0.25) is 5.91 Å². The maximum atomic E-state index is 11.6. The Morgan fingerprint density at radius 3 is 2.56 bits per heavy atom. The number of rotatable bonds is 1. The van der Waals surface area contributed by atoms with E-state index in [0.717, 1.165) is 6.54 Å². The molecule has 1 amide bonds. The van der Waals surface area contributed by atoms with E-state index >= 15 is 0 Å². The van der Waals surface area contributed by atoms with Gasteiger partial charge in [-0.15, -0.1) is 11.8 Å². The second-order valence-electron chi connectivity index (χ2n) is 4.79. The average molecular weight is 235 g/mol. The maximum absolute atomic E-state index is 11.6. The average Bonchev–Trinajstić information content (AvgIpc) is 2.56. The minimum Gasteiger partial charge on any atom is -0.325 e. The van der Waals surface area contributed by atoms with Gasteiger partial charge in [0.25, 0.3) is 0 Å². The van der Waals surface area contributed by atoms with Crippen LogP contribution < -0.4 is 0 Å². The van der Waals surface area contributed by atoms with Crippen LogP contribution in [0.5, 0.6) is 0 Å². The molecule has 0 N–H and O–H groups in total. The molecular weight excluding hydrogens is 218 g/mol. The van der Waals surface area contributed by atoms with Gasteiger partial charge in [-0.3, -0.25) is 4.79 Å². The van der Waals surface area contributed by atoms with Gasteiger partial charge < -0.3 is 4.90 Å². The van der Waals surface area contributed by atoms with Gasteiger partial charge in [-0.25, -0.2) is 0 Å². The van der Waals surface area contributed by atoms with Crippen molar-refractivity contribution in [3.05, 3.63) is 35.9 Å². The quantitative estimate of drug-likeness (QED) is 0.745. The Labute approximate surface area is 101 Å². The van der Waals surface area contributed by atoms with E-state index in [9.17, 15) is 4.79 Å². The Morgan fingerprint density at radius 1 is 1.38 bits per heavy atom. The van der Waals surface area contributed by atoms with Crippen LogP contribution in [0.25, 0.3) is 0 Å². The predicted molar refractivity (Wildman–Crippen MR) is 68.2 cm³/mol. The smallest absolute Gasteiger partial charge is 0.220 e. The summed E-state index contributed by atoms with van der Waals surface area (Å²) in [5, 5.41) is 0.175. The molecular formula is C13H17NOS. The molecule has 0 radical (unpaired) electrons. The number of benzene rings is 1. The Morgan fingerprint density at radius 2 is 2.00 bits per heavy atom. The van der Waals surface area contributed by atoms with E-state index in [-0.39, 0.29) is 16.0 Å². The second-order valence-corrected chi connectivity index (χ2v) is 6.57. The summed E-state index contributed by atoms with van der Waals surface area (Å²) >= 11 is 1.86. The molecule has 0 aliphatic carbocycles. The fraction of sp³-hybridized carbons (Fsp3) is 0.462. The van der Waals surface area contributed by atoms with Crippen LogP contribution >= 0.6 is 11.8 Å². The molecule has 16 heavy (non-hydrogen) atoms. The Kier molecular flexibility index (Phi) is 2.98. The highest BCUT2D eigenvalue weighted by molar-refractivity contribution is 8.01. The molecule has 1 unspecified atom stereocenters. The predicted octanol–water partition coefficient (Wildman–Crippen LogP) is 3.06. The van der Waals surface area contributed by atoms with E-state index in [1.807, 2.05) is 34.9 Å². The van der Waals surface area contributed by atoms with Crippen molar-refractivity contribution in [1.29, 1.82) is 0 Å². The molecule has 1 aromatic carbocycles.